The molecule has 0 aliphatic heterocycles. The average molecular weight is 524 g/mol. The molecule has 0 aliphatic rings. The quantitative estimate of drug-likeness (QED) is 0.214. The summed E-state index contributed by atoms with van der Waals surface area (Å²) in [6, 6.07) is 13.3. The summed E-state index contributed by atoms with van der Waals surface area (Å²) >= 11 is 0. The van der Waals surface area contributed by atoms with Crippen molar-refractivity contribution in [1.29, 1.82) is 0 Å². The minimum Gasteiger partial charge on any atom is -0.486 e. The lowest BCUT2D eigenvalue weighted by molar-refractivity contribution is -0.114. The summed E-state index contributed by atoms with van der Waals surface area (Å²) in [4.78, 5) is 16.4. The molecule has 1 atom stereocenters. The van der Waals surface area contributed by atoms with Crippen LogP contribution in [0.25, 0.3) is 0 Å². The first kappa shape index (κ1) is 25.2. The lowest BCUT2D eigenvalue weighted by Gasteiger charge is -2.18. The lowest BCUT2D eigenvalue weighted by Crippen LogP contribution is -2.42. The minimum atomic E-state index is -0.412. The molecule has 0 radical (unpaired) electrons. The molecule has 0 saturated carbocycles. The van der Waals surface area contributed by atoms with E-state index in [-0.39, 0.29) is 48.3 Å². The molecule has 0 spiro atoms. The minimum absolute atomic E-state index is 0. The molecule has 1 unspecified atom stereocenters. The number of ether oxygens (including phenoxy) is 1. The van der Waals surface area contributed by atoms with Crippen molar-refractivity contribution >= 4 is 41.5 Å². The number of carbonyl (C=O) groups is 1. The summed E-state index contributed by atoms with van der Waals surface area (Å²) in [5.41, 5.74) is 1.30. The Morgan fingerprint density at radius 1 is 1.23 bits per heavy atom. The van der Waals surface area contributed by atoms with Crippen LogP contribution in [-0.4, -0.2) is 37.6 Å². The van der Waals surface area contributed by atoms with Gasteiger partial charge in [0.2, 0.25) is 5.91 Å². The molecular formula is C22H26FIN4O2. The molecule has 0 fully saturated rings. The van der Waals surface area contributed by atoms with E-state index in [0.717, 1.165) is 0 Å². The van der Waals surface area contributed by atoms with Crippen LogP contribution < -0.4 is 20.7 Å². The van der Waals surface area contributed by atoms with Gasteiger partial charge in [-0.15, -0.1) is 30.4 Å². The van der Waals surface area contributed by atoms with Gasteiger partial charge in [0.1, 0.15) is 12.6 Å². The molecule has 1 amide bonds. The van der Waals surface area contributed by atoms with Crippen molar-refractivity contribution in [2.45, 2.75) is 20.0 Å². The van der Waals surface area contributed by atoms with Crippen LogP contribution in [0.1, 0.15) is 19.4 Å². The van der Waals surface area contributed by atoms with Gasteiger partial charge in [0.05, 0.1) is 6.54 Å². The van der Waals surface area contributed by atoms with E-state index < -0.39 is 5.82 Å². The summed E-state index contributed by atoms with van der Waals surface area (Å²) in [7, 11) is 0. The second-order valence-electron chi connectivity index (χ2n) is 6.21. The third-order valence-corrected chi connectivity index (χ3v) is 3.76. The molecule has 30 heavy (non-hydrogen) atoms. The Balaban J connectivity index is 0.00000450. The highest BCUT2D eigenvalue weighted by atomic mass is 127. The molecule has 3 N–H and O–H groups in total. The van der Waals surface area contributed by atoms with Crippen molar-refractivity contribution in [2.75, 3.05) is 25.0 Å². The average Bonchev–Trinajstić information content (AvgIpc) is 2.72. The monoisotopic (exact) mass is 524 g/mol. The van der Waals surface area contributed by atoms with E-state index in [1.807, 2.05) is 13.8 Å². The van der Waals surface area contributed by atoms with Crippen LogP contribution in [0, 0.1) is 18.2 Å². The molecular weight excluding hydrogens is 498 g/mol. The number of benzene rings is 2. The van der Waals surface area contributed by atoms with E-state index >= 15 is 0 Å². The summed E-state index contributed by atoms with van der Waals surface area (Å²) in [5, 5.41) is 8.89. The van der Waals surface area contributed by atoms with E-state index in [1.54, 1.807) is 42.5 Å². The predicted octanol–water partition coefficient (Wildman–Crippen LogP) is 3.39. The molecule has 2 aromatic carbocycles. The van der Waals surface area contributed by atoms with Crippen LogP contribution in [-0.2, 0) is 4.79 Å². The van der Waals surface area contributed by atoms with Gasteiger partial charge in [0.15, 0.2) is 17.5 Å². The Kier molecular flexibility index (Phi) is 11.3. The van der Waals surface area contributed by atoms with Gasteiger partial charge in [-0.1, -0.05) is 24.1 Å². The Labute approximate surface area is 193 Å². The first-order valence-electron chi connectivity index (χ1n) is 9.31. The molecule has 0 bridgehead atoms. The summed E-state index contributed by atoms with van der Waals surface area (Å²) < 4.78 is 19.3. The smallest absolute Gasteiger partial charge is 0.246 e. The number of para-hydroxylation sites is 1. The van der Waals surface area contributed by atoms with Crippen molar-refractivity contribution in [3.63, 3.8) is 0 Å². The number of guanidine groups is 1. The predicted molar refractivity (Wildman–Crippen MR) is 129 cm³/mol. The Morgan fingerprint density at radius 2 is 2.00 bits per heavy atom. The highest BCUT2D eigenvalue weighted by Gasteiger charge is 2.09. The number of carbonyl (C=O) groups excluding carboxylic acids is 1. The van der Waals surface area contributed by atoms with Crippen molar-refractivity contribution < 1.29 is 13.9 Å². The zero-order chi connectivity index (χ0) is 21.1. The number of terminal acetylenes is 1. The largest absolute Gasteiger partial charge is 0.486 e. The Hall–Kier alpha value is -2.80. The van der Waals surface area contributed by atoms with E-state index in [0.29, 0.717) is 30.3 Å². The highest BCUT2D eigenvalue weighted by molar-refractivity contribution is 14.0. The summed E-state index contributed by atoms with van der Waals surface area (Å²) in [6.07, 6.45) is 5.05. The van der Waals surface area contributed by atoms with Crippen LogP contribution >= 0.6 is 24.0 Å². The van der Waals surface area contributed by atoms with Gasteiger partial charge in [-0.05, 0) is 44.2 Å². The fraction of sp³-hybridized carbons (Fsp3) is 0.273. The molecule has 6 nitrogen and oxygen atoms in total. The second kappa shape index (κ2) is 13.4. The van der Waals surface area contributed by atoms with Crippen LogP contribution in [0.4, 0.5) is 10.1 Å². The molecule has 0 heterocycles. The maximum atomic E-state index is 13.7. The van der Waals surface area contributed by atoms with Crippen molar-refractivity contribution in [2.24, 2.45) is 4.99 Å². The number of anilines is 1. The van der Waals surface area contributed by atoms with E-state index in [2.05, 4.69) is 26.9 Å². The number of nitrogens with zero attached hydrogens (tertiary/aromatic N) is 1. The molecule has 8 heteroatoms. The number of aliphatic imine (C=N–C) groups is 1. The van der Waals surface area contributed by atoms with Crippen LogP contribution in [0.5, 0.6) is 5.75 Å². The van der Waals surface area contributed by atoms with Crippen molar-refractivity contribution in [1.82, 2.24) is 10.6 Å². The normalized spacial score (nSPS) is 11.5. The van der Waals surface area contributed by atoms with E-state index in [4.69, 9.17) is 11.2 Å². The second-order valence-corrected chi connectivity index (χ2v) is 6.21. The maximum absolute atomic E-state index is 13.7. The van der Waals surface area contributed by atoms with Gasteiger partial charge in [-0.3, -0.25) is 4.79 Å². The zero-order valence-corrected chi connectivity index (χ0v) is 19.3. The van der Waals surface area contributed by atoms with Gasteiger partial charge in [0, 0.05) is 17.8 Å². The first-order chi connectivity index (χ1) is 14.0. The van der Waals surface area contributed by atoms with Crippen LogP contribution in [0.2, 0.25) is 0 Å². The fourth-order valence-electron chi connectivity index (χ4n) is 2.42. The topological polar surface area (TPSA) is 74.8 Å². The third kappa shape index (κ3) is 8.69. The Morgan fingerprint density at radius 3 is 2.70 bits per heavy atom. The van der Waals surface area contributed by atoms with Crippen LogP contribution in [0.15, 0.2) is 53.5 Å². The standard InChI is InChI=1S/C22H25FN4O2.HI/c1-4-17-9-8-10-18(13-17)27-21(28)15-26-22(24-5-2)25-14-16(3)29-20-12-7-6-11-19(20)23;/h1,6-13,16H,5,14-15H2,2-3H3,(H,27,28)(H2,24,25,26);1H. The van der Waals surface area contributed by atoms with Gasteiger partial charge in [0.25, 0.3) is 0 Å². The number of amides is 1. The summed E-state index contributed by atoms with van der Waals surface area (Å²) in [5.74, 6) is 2.49. The third-order valence-electron chi connectivity index (χ3n) is 3.76. The number of halogens is 2. The maximum Gasteiger partial charge on any atom is 0.246 e. The first-order valence-corrected chi connectivity index (χ1v) is 9.31. The molecule has 160 valence electrons. The van der Waals surface area contributed by atoms with Crippen molar-refractivity contribution in [3.8, 4) is 18.1 Å². The van der Waals surface area contributed by atoms with Crippen molar-refractivity contribution in [3.05, 3.63) is 59.9 Å². The van der Waals surface area contributed by atoms with E-state index in [9.17, 15) is 9.18 Å². The lowest BCUT2D eigenvalue weighted by atomic mass is 10.2. The zero-order valence-electron chi connectivity index (χ0n) is 16.9. The number of hydrogen-bond acceptors (Lipinski definition) is 3. The molecule has 2 rings (SSSR count). The number of hydrogen-bond donors (Lipinski definition) is 3. The molecule has 2 aromatic rings. The van der Waals surface area contributed by atoms with Gasteiger partial charge in [-0.25, -0.2) is 9.38 Å². The number of rotatable bonds is 8. The van der Waals surface area contributed by atoms with Gasteiger partial charge >= 0.3 is 0 Å². The molecule has 0 saturated heterocycles. The fourth-order valence-corrected chi connectivity index (χ4v) is 2.42. The molecule has 0 aliphatic carbocycles. The Bertz CT molecular complexity index is 899. The summed E-state index contributed by atoms with van der Waals surface area (Å²) in [6.45, 7) is 4.67. The highest BCUT2D eigenvalue weighted by Crippen LogP contribution is 2.16. The SMILES string of the molecule is C#Cc1cccc(NC(=O)CN=C(NCC)NCC(C)Oc2ccccc2F)c1.I. The number of nitrogens with one attached hydrogen (secondary N) is 3. The molecule has 0 aromatic heterocycles. The van der Waals surface area contributed by atoms with Crippen LogP contribution in [0.3, 0.4) is 0 Å². The van der Waals surface area contributed by atoms with Gasteiger partial charge in [-0.2, -0.15) is 0 Å². The van der Waals surface area contributed by atoms with Gasteiger partial charge < -0.3 is 20.7 Å². The van der Waals surface area contributed by atoms with E-state index in [1.165, 1.54) is 6.07 Å².